The van der Waals surface area contributed by atoms with E-state index in [1.807, 2.05) is 0 Å². The predicted octanol–water partition coefficient (Wildman–Crippen LogP) is 4.19. The van der Waals surface area contributed by atoms with Crippen molar-refractivity contribution in [2.75, 3.05) is 5.33 Å². The molecule has 0 bridgehead atoms. The summed E-state index contributed by atoms with van der Waals surface area (Å²) >= 11 is 3.54. The molecule has 0 nitrogen and oxygen atoms in total. The monoisotopic (exact) mass is 254 g/mol. The van der Waals surface area contributed by atoms with Gasteiger partial charge in [0, 0.05) is 5.33 Å². The van der Waals surface area contributed by atoms with Crippen LogP contribution in [0, 0.1) is 26.7 Å². The van der Waals surface area contributed by atoms with Gasteiger partial charge in [-0.3, -0.25) is 0 Å². The average Bonchev–Trinajstić information content (AvgIpc) is 2.10. The van der Waals surface area contributed by atoms with Gasteiger partial charge in [0.15, 0.2) is 0 Å². The van der Waals surface area contributed by atoms with Crippen LogP contribution >= 0.6 is 15.9 Å². The van der Waals surface area contributed by atoms with Gasteiger partial charge >= 0.3 is 0 Å². The lowest BCUT2D eigenvalue weighted by Gasteiger charge is -2.14. The number of benzene rings is 1. The summed E-state index contributed by atoms with van der Waals surface area (Å²) in [5.41, 5.74) is 5.78. The van der Waals surface area contributed by atoms with Crippen LogP contribution in [0.15, 0.2) is 12.1 Å². The van der Waals surface area contributed by atoms with E-state index in [0.29, 0.717) is 0 Å². The van der Waals surface area contributed by atoms with Crippen molar-refractivity contribution in [3.05, 3.63) is 34.4 Å². The van der Waals surface area contributed by atoms with Crippen LogP contribution in [0.25, 0.3) is 0 Å². The first-order valence-corrected chi connectivity index (χ1v) is 6.29. The minimum absolute atomic E-state index is 0.718. The highest BCUT2D eigenvalue weighted by molar-refractivity contribution is 9.09. The fraction of sp³-hybridized carbons (Fsp3) is 0.538. The van der Waals surface area contributed by atoms with Crippen LogP contribution in [0.5, 0.6) is 0 Å². The van der Waals surface area contributed by atoms with Gasteiger partial charge < -0.3 is 0 Å². The molecule has 0 saturated heterocycles. The van der Waals surface area contributed by atoms with Gasteiger partial charge in [-0.2, -0.15) is 0 Å². The molecular formula is C13H19Br. The second kappa shape index (κ2) is 4.97. The number of alkyl halides is 1. The molecule has 1 unspecified atom stereocenters. The molecule has 0 aliphatic rings. The van der Waals surface area contributed by atoms with E-state index in [0.717, 1.165) is 11.2 Å². The normalized spacial score (nSPS) is 12.9. The first-order chi connectivity index (χ1) is 6.54. The van der Waals surface area contributed by atoms with Gasteiger partial charge in [0.1, 0.15) is 0 Å². The van der Waals surface area contributed by atoms with Crippen LogP contribution in [0.4, 0.5) is 0 Å². The van der Waals surface area contributed by atoms with Gasteiger partial charge in [-0.05, 0) is 49.8 Å². The Bertz CT molecular complexity index is 292. The lowest BCUT2D eigenvalue weighted by atomic mass is 9.93. The third-order valence-electron chi connectivity index (χ3n) is 2.66. The van der Waals surface area contributed by atoms with Crippen LogP contribution < -0.4 is 0 Å². The summed E-state index contributed by atoms with van der Waals surface area (Å²) in [6, 6.07) is 4.56. The second-order valence-corrected chi connectivity index (χ2v) is 4.99. The van der Waals surface area contributed by atoms with Crippen LogP contribution in [0.3, 0.4) is 0 Å². The quantitative estimate of drug-likeness (QED) is 0.710. The smallest absolute Gasteiger partial charge is 0.00602 e. The minimum Gasteiger partial charge on any atom is -0.0925 e. The molecule has 0 aromatic heterocycles. The molecule has 0 heterocycles. The molecular weight excluding hydrogens is 236 g/mol. The van der Waals surface area contributed by atoms with Crippen molar-refractivity contribution >= 4 is 15.9 Å². The zero-order valence-corrected chi connectivity index (χ0v) is 11.1. The Morgan fingerprint density at radius 1 is 1.14 bits per heavy atom. The molecule has 0 aliphatic heterocycles. The summed E-state index contributed by atoms with van der Waals surface area (Å²) in [6.45, 7) is 8.89. The number of hydrogen-bond donors (Lipinski definition) is 0. The van der Waals surface area contributed by atoms with Gasteiger partial charge in [0.25, 0.3) is 0 Å². The second-order valence-electron chi connectivity index (χ2n) is 4.34. The summed E-state index contributed by atoms with van der Waals surface area (Å²) in [7, 11) is 0. The highest BCUT2D eigenvalue weighted by Gasteiger charge is 2.07. The van der Waals surface area contributed by atoms with Crippen LogP contribution in [0.1, 0.15) is 29.2 Å². The molecule has 0 spiro atoms. The molecule has 1 rings (SSSR count). The molecule has 1 atom stereocenters. The average molecular weight is 255 g/mol. The first-order valence-electron chi connectivity index (χ1n) is 5.17. The molecule has 0 N–H and O–H groups in total. The summed E-state index contributed by atoms with van der Waals surface area (Å²) < 4.78 is 0. The Labute approximate surface area is 95.9 Å². The molecule has 0 amide bonds. The van der Waals surface area contributed by atoms with Gasteiger partial charge in [0.05, 0.1) is 0 Å². The topological polar surface area (TPSA) is 0 Å². The molecule has 1 aromatic rings. The van der Waals surface area contributed by atoms with Gasteiger partial charge in [-0.25, -0.2) is 0 Å². The molecule has 14 heavy (non-hydrogen) atoms. The molecule has 1 heteroatoms. The standard InChI is InChI=1S/C13H19Br/c1-9-5-11(3)13(12(4)6-9)7-10(2)8-14/h5-6,10H,7-8H2,1-4H3. The Morgan fingerprint density at radius 3 is 2.07 bits per heavy atom. The van der Waals surface area contributed by atoms with Crippen molar-refractivity contribution in [1.29, 1.82) is 0 Å². The highest BCUT2D eigenvalue weighted by atomic mass is 79.9. The third kappa shape index (κ3) is 2.84. The number of rotatable bonds is 3. The predicted molar refractivity (Wildman–Crippen MR) is 67.3 cm³/mol. The van der Waals surface area contributed by atoms with E-state index < -0.39 is 0 Å². The zero-order valence-electron chi connectivity index (χ0n) is 9.52. The fourth-order valence-electron chi connectivity index (χ4n) is 1.93. The van der Waals surface area contributed by atoms with Crippen molar-refractivity contribution in [2.45, 2.75) is 34.1 Å². The zero-order chi connectivity index (χ0) is 10.7. The summed E-state index contributed by atoms with van der Waals surface area (Å²) in [6.07, 6.45) is 1.18. The highest BCUT2D eigenvalue weighted by Crippen LogP contribution is 2.20. The maximum Gasteiger partial charge on any atom is 0.00602 e. The minimum atomic E-state index is 0.718. The van der Waals surface area contributed by atoms with Crippen molar-refractivity contribution < 1.29 is 0 Å². The van der Waals surface area contributed by atoms with E-state index in [9.17, 15) is 0 Å². The van der Waals surface area contributed by atoms with Crippen molar-refractivity contribution in [3.63, 3.8) is 0 Å². The fourth-order valence-corrected chi connectivity index (χ4v) is 2.16. The maximum absolute atomic E-state index is 3.54. The Hall–Kier alpha value is -0.300. The van der Waals surface area contributed by atoms with Crippen LogP contribution in [0.2, 0.25) is 0 Å². The first kappa shape index (κ1) is 11.8. The molecule has 0 radical (unpaired) electrons. The van der Waals surface area contributed by atoms with Gasteiger partial charge in [-0.1, -0.05) is 40.5 Å². The third-order valence-corrected chi connectivity index (χ3v) is 3.76. The van der Waals surface area contributed by atoms with Crippen molar-refractivity contribution in [3.8, 4) is 0 Å². The van der Waals surface area contributed by atoms with E-state index in [4.69, 9.17) is 0 Å². The van der Waals surface area contributed by atoms with Crippen molar-refractivity contribution in [2.24, 2.45) is 5.92 Å². The molecule has 1 aromatic carbocycles. The van der Waals surface area contributed by atoms with E-state index in [1.165, 1.54) is 28.7 Å². The summed E-state index contributed by atoms with van der Waals surface area (Å²) in [5, 5.41) is 1.08. The van der Waals surface area contributed by atoms with Crippen LogP contribution in [-0.2, 0) is 6.42 Å². The lowest BCUT2D eigenvalue weighted by molar-refractivity contribution is 0.658. The largest absolute Gasteiger partial charge is 0.0925 e. The molecule has 78 valence electrons. The maximum atomic E-state index is 3.54. The lowest BCUT2D eigenvalue weighted by Crippen LogP contribution is -2.04. The summed E-state index contributed by atoms with van der Waals surface area (Å²) in [4.78, 5) is 0. The van der Waals surface area contributed by atoms with E-state index in [1.54, 1.807) is 0 Å². The number of halogens is 1. The van der Waals surface area contributed by atoms with Crippen molar-refractivity contribution in [1.82, 2.24) is 0 Å². The van der Waals surface area contributed by atoms with Gasteiger partial charge in [0.2, 0.25) is 0 Å². The van der Waals surface area contributed by atoms with Crippen LogP contribution in [-0.4, -0.2) is 5.33 Å². The SMILES string of the molecule is Cc1cc(C)c(CC(C)CBr)c(C)c1. The number of hydrogen-bond acceptors (Lipinski definition) is 0. The van der Waals surface area contributed by atoms with Gasteiger partial charge in [-0.15, -0.1) is 0 Å². The molecule has 0 saturated carbocycles. The summed E-state index contributed by atoms with van der Waals surface area (Å²) in [5.74, 6) is 0.718. The Morgan fingerprint density at radius 2 is 1.64 bits per heavy atom. The van der Waals surface area contributed by atoms with E-state index >= 15 is 0 Å². The molecule has 0 fully saturated rings. The Kier molecular flexibility index (Phi) is 4.18. The molecule has 0 aliphatic carbocycles. The van der Waals surface area contributed by atoms with E-state index in [2.05, 4.69) is 55.8 Å². The van der Waals surface area contributed by atoms with E-state index in [-0.39, 0.29) is 0 Å². The number of aryl methyl sites for hydroxylation is 3. The Balaban J connectivity index is 2.96.